The van der Waals surface area contributed by atoms with Crippen molar-refractivity contribution in [3.8, 4) is 11.3 Å². The number of fused-ring (bicyclic) bond motifs is 2. The van der Waals surface area contributed by atoms with Gasteiger partial charge in [0.2, 0.25) is 5.91 Å². The molecular formula is C22H28N4O2. The SMILES string of the molecule is O=C([C@H]1CC[C@H]2OCCN[C@@H]2C1)N1CCc2[nH]nc(-c3ccccc3)c2CC1. The molecule has 3 heterocycles. The predicted octanol–water partition coefficient (Wildman–Crippen LogP) is 2.16. The molecule has 6 nitrogen and oxygen atoms in total. The normalized spacial score (nSPS) is 27.6. The molecule has 2 aliphatic heterocycles. The number of nitrogens with one attached hydrogen (secondary N) is 2. The zero-order chi connectivity index (χ0) is 18.9. The zero-order valence-corrected chi connectivity index (χ0v) is 16.2. The first-order valence-electron chi connectivity index (χ1n) is 10.5. The molecule has 1 aromatic heterocycles. The summed E-state index contributed by atoms with van der Waals surface area (Å²) in [7, 11) is 0. The maximum absolute atomic E-state index is 13.2. The molecule has 148 valence electrons. The Morgan fingerprint density at radius 3 is 2.89 bits per heavy atom. The third-order valence-electron chi connectivity index (χ3n) is 6.55. The van der Waals surface area contributed by atoms with Crippen LogP contribution in [0.25, 0.3) is 11.3 Å². The summed E-state index contributed by atoms with van der Waals surface area (Å²) in [6.07, 6.45) is 4.84. The van der Waals surface area contributed by atoms with Crippen molar-refractivity contribution in [1.82, 2.24) is 20.4 Å². The lowest BCUT2D eigenvalue weighted by atomic mass is 9.82. The van der Waals surface area contributed by atoms with E-state index >= 15 is 0 Å². The van der Waals surface area contributed by atoms with Crippen molar-refractivity contribution in [2.45, 2.75) is 44.2 Å². The summed E-state index contributed by atoms with van der Waals surface area (Å²) in [6, 6.07) is 10.6. The van der Waals surface area contributed by atoms with Gasteiger partial charge < -0.3 is 15.0 Å². The molecule has 3 atom stereocenters. The van der Waals surface area contributed by atoms with Crippen LogP contribution in [0.4, 0.5) is 0 Å². The topological polar surface area (TPSA) is 70.2 Å². The molecule has 5 rings (SSSR count). The number of nitrogens with zero attached hydrogens (tertiary/aromatic N) is 2. The van der Waals surface area contributed by atoms with E-state index in [2.05, 4.69) is 32.5 Å². The van der Waals surface area contributed by atoms with E-state index in [4.69, 9.17) is 4.74 Å². The van der Waals surface area contributed by atoms with E-state index in [1.54, 1.807) is 0 Å². The Hall–Kier alpha value is -2.18. The largest absolute Gasteiger partial charge is 0.375 e. The van der Waals surface area contributed by atoms with E-state index in [9.17, 15) is 4.79 Å². The van der Waals surface area contributed by atoms with Crippen LogP contribution in [0, 0.1) is 5.92 Å². The van der Waals surface area contributed by atoms with Crippen molar-refractivity contribution in [3.63, 3.8) is 0 Å². The number of hydrogen-bond acceptors (Lipinski definition) is 4. The summed E-state index contributed by atoms with van der Waals surface area (Å²) in [5.74, 6) is 0.448. The maximum Gasteiger partial charge on any atom is 0.225 e. The van der Waals surface area contributed by atoms with Crippen molar-refractivity contribution in [2.24, 2.45) is 5.92 Å². The minimum Gasteiger partial charge on any atom is -0.375 e. The Labute approximate surface area is 165 Å². The van der Waals surface area contributed by atoms with Gasteiger partial charge in [0.25, 0.3) is 0 Å². The van der Waals surface area contributed by atoms with Crippen LogP contribution in [0.15, 0.2) is 30.3 Å². The molecule has 1 aliphatic carbocycles. The van der Waals surface area contributed by atoms with Gasteiger partial charge in [-0.2, -0.15) is 5.10 Å². The van der Waals surface area contributed by atoms with E-state index < -0.39 is 0 Å². The third-order valence-corrected chi connectivity index (χ3v) is 6.55. The van der Waals surface area contributed by atoms with Gasteiger partial charge in [0.15, 0.2) is 0 Å². The van der Waals surface area contributed by atoms with Gasteiger partial charge in [-0.1, -0.05) is 30.3 Å². The number of aromatic nitrogens is 2. The Morgan fingerprint density at radius 2 is 2.00 bits per heavy atom. The Kier molecular flexibility index (Phi) is 4.91. The highest BCUT2D eigenvalue weighted by Crippen LogP contribution is 2.31. The molecule has 2 aromatic rings. The Bertz CT molecular complexity index is 834. The monoisotopic (exact) mass is 380 g/mol. The van der Waals surface area contributed by atoms with E-state index in [1.807, 2.05) is 18.2 Å². The molecule has 2 fully saturated rings. The van der Waals surface area contributed by atoms with Gasteiger partial charge >= 0.3 is 0 Å². The van der Waals surface area contributed by atoms with Crippen LogP contribution in [0.5, 0.6) is 0 Å². The quantitative estimate of drug-likeness (QED) is 0.838. The van der Waals surface area contributed by atoms with Gasteiger partial charge in [-0.3, -0.25) is 9.89 Å². The number of carbonyl (C=O) groups is 1. The standard InChI is InChI=1S/C22H28N4O2/c27-22(16-6-7-20-19(14-16)23-10-13-28-20)26-11-8-17-18(9-12-26)24-25-21(17)15-4-2-1-3-5-15/h1-5,16,19-20,23H,6-14H2,(H,24,25)/t16-,19+,20+/m0/s1. The fraction of sp³-hybridized carbons (Fsp3) is 0.545. The molecule has 28 heavy (non-hydrogen) atoms. The highest BCUT2D eigenvalue weighted by atomic mass is 16.5. The van der Waals surface area contributed by atoms with E-state index in [-0.39, 0.29) is 5.92 Å². The van der Waals surface area contributed by atoms with Crippen LogP contribution in [0.3, 0.4) is 0 Å². The summed E-state index contributed by atoms with van der Waals surface area (Å²) < 4.78 is 5.86. The molecule has 0 bridgehead atoms. The first-order valence-corrected chi connectivity index (χ1v) is 10.5. The average molecular weight is 380 g/mol. The second-order valence-corrected chi connectivity index (χ2v) is 8.20. The van der Waals surface area contributed by atoms with Crippen LogP contribution in [-0.4, -0.2) is 59.4 Å². The second kappa shape index (κ2) is 7.68. The summed E-state index contributed by atoms with van der Waals surface area (Å²) in [6.45, 7) is 3.24. The Morgan fingerprint density at radius 1 is 1.14 bits per heavy atom. The van der Waals surface area contributed by atoms with Gasteiger partial charge in [0, 0.05) is 54.8 Å². The lowest BCUT2D eigenvalue weighted by molar-refractivity contribution is -0.139. The predicted molar refractivity (Wildman–Crippen MR) is 107 cm³/mol. The van der Waals surface area contributed by atoms with E-state index in [1.165, 1.54) is 11.3 Å². The number of hydrogen-bond donors (Lipinski definition) is 2. The van der Waals surface area contributed by atoms with Crippen molar-refractivity contribution in [3.05, 3.63) is 41.6 Å². The van der Waals surface area contributed by atoms with Crippen molar-refractivity contribution < 1.29 is 9.53 Å². The molecule has 6 heteroatoms. The number of H-pyrrole nitrogens is 1. The highest BCUT2D eigenvalue weighted by molar-refractivity contribution is 5.79. The second-order valence-electron chi connectivity index (χ2n) is 8.20. The zero-order valence-electron chi connectivity index (χ0n) is 16.2. The van der Waals surface area contributed by atoms with Crippen molar-refractivity contribution in [1.29, 1.82) is 0 Å². The number of ether oxygens (including phenoxy) is 1. The van der Waals surface area contributed by atoms with Crippen molar-refractivity contribution in [2.75, 3.05) is 26.2 Å². The van der Waals surface area contributed by atoms with Crippen LogP contribution in [0.2, 0.25) is 0 Å². The molecule has 1 saturated heterocycles. The number of rotatable bonds is 2. The maximum atomic E-state index is 13.2. The summed E-state index contributed by atoms with van der Waals surface area (Å²) in [4.78, 5) is 15.3. The van der Waals surface area contributed by atoms with Gasteiger partial charge in [-0.05, 0) is 25.7 Å². The highest BCUT2D eigenvalue weighted by Gasteiger charge is 2.37. The van der Waals surface area contributed by atoms with Crippen molar-refractivity contribution >= 4 is 5.91 Å². The summed E-state index contributed by atoms with van der Waals surface area (Å²) >= 11 is 0. The van der Waals surface area contributed by atoms with E-state index in [0.717, 1.165) is 69.6 Å². The fourth-order valence-corrected chi connectivity index (χ4v) is 5.03. The molecule has 0 spiro atoms. The third kappa shape index (κ3) is 3.35. The average Bonchev–Trinajstić information content (AvgIpc) is 3.05. The first kappa shape index (κ1) is 17.9. The van der Waals surface area contributed by atoms with Gasteiger partial charge in [0.05, 0.1) is 18.4 Å². The van der Waals surface area contributed by atoms with Crippen LogP contribution >= 0.6 is 0 Å². The summed E-state index contributed by atoms with van der Waals surface area (Å²) in [5, 5.41) is 11.3. The molecule has 2 N–H and O–H groups in total. The number of aromatic amines is 1. The van der Waals surface area contributed by atoms with Crippen LogP contribution < -0.4 is 5.32 Å². The molecule has 1 saturated carbocycles. The molecule has 1 aromatic carbocycles. The summed E-state index contributed by atoms with van der Waals surface area (Å²) in [5.41, 5.74) is 4.63. The minimum atomic E-state index is 0.124. The number of morpholine rings is 1. The minimum absolute atomic E-state index is 0.124. The first-order chi connectivity index (χ1) is 13.8. The fourth-order valence-electron chi connectivity index (χ4n) is 5.03. The molecular weight excluding hydrogens is 352 g/mol. The molecule has 3 aliphatic rings. The van der Waals surface area contributed by atoms with E-state index in [0.29, 0.717) is 18.1 Å². The lowest BCUT2D eigenvalue weighted by Gasteiger charge is -2.40. The van der Waals surface area contributed by atoms with Gasteiger partial charge in [-0.25, -0.2) is 0 Å². The number of benzene rings is 1. The molecule has 0 radical (unpaired) electrons. The van der Waals surface area contributed by atoms with Gasteiger partial charge in [0.1, 0.15) is 0 Å². The Balaban J connectivity index is 1.27. The molecule has 0 unspecified atom stereocenters. The number of amides is 1. The number of carbonyl (C=O) groups excluding carboxylic acids is 1. The van der Waals surface area contributed by atoms with Crippen LogP contribution in [-0.2, 0) is 22.4 Å². The molecule has 1 amide bonds. The van der Waals surface area contributed by atoms with Gasteiger partial charge in [-0.15, -0.1) is 0 Å². The lowest BCUT2D eigenvalue weighted by Crippen LogP contribution is -2.53. The smallest absolute Gasteiger partial charge is 0.225 e. The van der Waals surface area contributed by atoms with Crippen LogP contribution in [0.1, 0.15) is 30.5 Å².